The van der Waals surface area contributed by atoms with Gasteiger partial charge in [0.15, 0.2) is 5.96 Å². The van der Waals surface area contributed by atoms with Gasteiger partial charge < -0.3 is 10.2 Å². The van der Waals surface area contributed by atoms with Crippen molar-refractivity contribution in [2.75, 3.05) is 20.6 Å². The summed E-state index contributed by atoms with van der Waals surface area (Å²) in [6.07, 6.45) is 2.63. The predicted molar refractivity (Wildman–Crippen MR) is 87.4 cm³/mol. The summed E-state index contributed by atoms with van der Waals surface area (Å²) in [6, 6.07) is 6.68. The Kier molecular flexibility index (Phi) is 6.54. The van der Waals surface area contributed by atoms with Gasteiger partial charge in [0.2, 0.25) is 0 Å². The molecule has 1 aliphatic rings. The highest BCUT2D eigenvalue weighted by molar-refractivity contribution is 14.0. The van der Waals surface area contributed by atoms with Gasteiger partial charge in [-0.15, -0.1) is 24.0 Å². The number of nitrogens with zero attached hydrogens (tertiary/aromatic N) is 2. The first-order valence-electron chi connectivity index (χ1n) is 6.35. The number of rotatable bonds is 4. The van der Waals surface area contributed by atoms with Crippen molar-refractivity contribution in [3.8, 4) is 0 Å². The zero-order valence-electron chi connectivity index (χ0n) is 11.4. The lowest BCUT2D eigenvalue weighted by atomic mass is 10.2. The lowest BCUT2D eigenvalue weighted by Crippen LogP contribution is -2.39. The summed E-state index contributed by atoms with van der Waals surface area (Å²) in [4.78, 5) is 6.26. The number of hydrogen-bond acceptors (Lipinski definition) is 1. The molecule has 0 heterocycles. The molecule has 1 aliphatic carbocycles. The van der Waals surface area contributed by atoms with Crippen LogP contribution in [0, 0.1) is 11.7 Å². The number of benzene rings is 1. The highest BCUT2D eigenvalue weighted by Gasteiger charge is 2.21. The van der Waals surface area contributed by atoms with E-state index in [2.05, 4.69) is 10.3 Å². The number of hydrogen-bond donors (Lipinski definition) is 1. The molecule has 0 radical (unpaired) electrons. The highest BCUT2D eigenvalue weighted by Crippen LogP contribution is 2.27. The quantitative estimate of drug-likeness (QED) is 0.497. The number of nitrogens with one attached hydrogen (secondary N) is 1. The molecule has 0 aliphatic heterocycles. The Morgan fingerprint density at radius 3 is 2.79 bits per heavy atom. The van der Waals surface area contributed by atoms with Gasteiger partial charge in [0.05, 0.1) is 0 Å². The number of aliphatic imine (C=N–C) groups is 1. The van der Waals surface area contributed by atoms with E-state index in [1.165, 1.54) is 18.9 Å². The standard InChI is InChI=1S/C14H20FN3.HI/c1-16-14(17-9-11-6-7-11)18(2)10-12-4-3-5-13(15)8-12;/h3-5,8,11H,6-7,9-10H2,1-2H3,(H,16,17);1H. The van der Waals surface area contributed by atoms with E-state index in [0.717, 1.165) is 24.0 Å². The molecule has 0 saturated heterocycles. The van der Waals surface area contributed by atoms with E-state index < -0.39 is 0 Å². The van der Waals surface area contributed by atoms with E-state index in [1.807, 2.05) is 18.0 Å². The van der Waals surface area contributed by atoms with Crippen molar-refractivity contribution in [3.05, 3.63) is 35.6 Å². The molecule has 1 N–H and O–H groups in total. The second-order valence-corrected chi connectivity index (χ2v) is 4.86. The minimum Gasteiger partial charge on any atom is -0.356 e. The van der Waals surface area contributed by atoms with Crippen LogP contribution in [-0.2, 0) is 6.54 Å². The van der Waals surface area contributed by atoms with Crippen molar-refractivity contribution < 1.29 is 4.39 Å². The molecule has 2 rings (SSSR count). The number of halogens is 2. The molecule has 0 bridgehead atoms. The molecule has 0 aromatic heterocycles. The molecule has 0 spiro atoms. The lowest BCUT2D eigenvalue weighted by molar-refractivity contribution is 0.472. The van der Waals surface area contributed by atoms with Crippen LogP contribution in [0.25, 0.3) is 0 Å². The fourth-order valence-electron chi connectivity index (χ4n) is 1.93. The van der Waals surface area contributed by atoms with Crippen LogP contribution in [0.3, 0.4) is 0 Å². The fraction of sp³-hybridized carbons (Fsp3) is 0.500. The van der Waals surface area contributed by atoms with Gasteiger partial charge in [-0.1, -0.05) is 12.1 Å². The highest BCUT2D eigenvalue weighted by atomic mass is 127. The Bertz CT molecular complexity index is 432. The lowest BCUT2D eigenvalue weighted by Gasteiger charge is -2.22. The van der Waals surface area contributed by atoms with Crippen molar-refractivity contribution in [3.63, 3.8) is 0 Å². The third-order valence-corrected chi connectivity index (χ3v) is 3.13. The van der Waals surface area contributed by atoms with Gasteiger partial charge in [0.1, 0.15) is 5.82 Å². The molecular weight excluding hydrogens is 356 g/mol. The zero-order valence-corrected chi connectivity index (χ0v) is 13.7. The van der Waals surface area contributed by atoms with E-state index >= 15 is 0 Å². The van der Waals surface area contributed by atoms with Gasteiger partial charge in [0.25, 0.3) is 0 Å². The van der Waals surface area contributed by atoms with Crippen LogP contribution >= 0.6 is 24.0 Å². The largest absolute Gasteiger partial charge is 0.356 e. The first-order valence-corrected chi connectivity index (χ1v) is 6.35. The van der Waals surface area contributed by atoms with Crippen molar-refractivity contribution in [1.29, 1.82) is 0 Å². The minimum absolute atomic E-state index is 0. The van der Waals surface area contributed by atoms with E-state index in [9.17, 15) is 4.39 Å². The van der Waals surface area contributed by atoms with Crippen LogP contribution in [0.1, 0.15) is 18.4 Å². The average molecular weight is 377 g/mol. The predicted octanol–water partition coefficient (Wildman–Crippen LogP) is 2.86. The summed E-state index contributed by atoms with van der Waals surface area (Å²) >= 11 is 0. The molecule has 1 aromatic carbocycles. The first kappa shape index (κ1) is 16.2. The second-order valence-electron chi connectivity index (χ2n) is 4.86. The van der Waals surface area contributed by atoms with Gasteiger partial charge in [-0.3, -0.25) is 4.99 Å². The summed E-state index contributed by atoms with van der Waals surface area (Å²) in [7, 11) is 3.74. The molecule has 1 fully saturated rings. The van der Waals surface area contributed by atoms with Crippen LogP contribution in [0.4, 0.5) is 4.39 Å². The molecule has 19 heavy (non-hydrogen) atoms. The minimum atomic E-state index is -0.193. The smallest absolute Gasteiger partial charge is 0.193 e. The maximum atomic E-state index is 13.1. The van der Waals surface area contributed by atoms with Gasteiger partial charge in [-0.2, -0.15) is 0 Å². The summed E-state index contributed by atoms with van der Waals surface area (Å²) < 4.78 is 13.1. The van der Waals surface area contributed by atoms with Crippen LogP contribution in [0.2, 0.25) is 0 Å². The molecule has 0 amide bonds. The topological polar surface area (TPSA) is 27.6 Å². The molecule has 5 heteroatoms. The van der Waals surface area contributed by atoms with Gasteiger partial charge in [0, 0.05) is 27.2 Å². The molecule has 1 saturated carbocycles. The Hall–Kier alpha value is -0.850. The Labute approximate surface area is 131 Å². The summed E-state index contributed by atoms with van der Waals surface area (Å²) in [6.45, 7) is 1.64. The van der Waals surface area contributed by atoms with Crippen LogP contribution in [0.5, 0.6) is 0 Å². The van der Waals surface area contributed by atoms with Crippen molar-refractivity contribution in [1.82, 2.24) is 10.2 Å². The van der Waals surface area contributed by atoms with Crippen LogP contribution in [0.15, 0.2) is 29.3 Å². The molecule has 0 unspecified atom stereocenters. The van der Waals surface area contributed by atoms with Crippen LogP contribution in [-0.4, -0.2) is 31.5 Å². The normalized spacial score (nSPS) is 14.8. The van der Waals surface area contributed by atoms with Crippen molar-refractivity contribution >= 4 is 29.9 Å². The zero-order chi connectivity index (χ0) is 13.0. The fourth-order valence-corrected chi connectivity index (χ4v) is 1.93. The van der Waals surface area contributed by atoms with Crippen molar-refractivity contribution in [2.45, 2.75) is 19.4 Å². The van der Waals surface area contributed by atoms with E-state index in [0.29, 0.717) is 6.54 Å². The summed E-state index contributed by atoms with van der Waals surface area (Å²) in [5.74, 6) is 1.48. The molecule has 106 valence electrons. The Balaban J connectivity index is 0.00000180. The van der Waals surface area contributed by atoms with Gasteiger partial charge >= 0.3 is 0 Å². The summed E-state index contributed by atoms with van der Waals surface area (Å²) in [5, 5.41) is 3.35. The molecule has 1 aromatic rings. The van der Waals surface area contributed by atoms with E-state index in [4.69, 9.17) is 0 Å². The third kappa shape index (κ3) is 5.34. The first-order chi connectivity index (χ1) is 8.69. The van der Waals surface area contributed by atoms with Crippen molar-refractivity contribution in [2.24, 2.45) is 10.9 Å². The Morgan fingerprint density at radius 1 is 1.47 bits per heavy atom. The van der Waals surface area contributed by atoms with Gasteiger partial charge in [-0.25, -0.2) is 4.39 Å². The SMILES string of the molecule is CN=C(NCC1CC1)N(C)Cc1cccc(F)c1.I. The van der Waals surface area contributed by atoms with E-state index in [-0.39, 0.29) is 29.8 Å². The third-order valence-electron chi connectivity index (χ3n) is 3.13. The van der Waals surface area contributed by atoms with Crippen LogP contribution < -0.4 is 5.32 Å². The molecule has 3 nitrogen and oxygen atoms in total. The second kappa shape index (κ2) is 7.67. The molecular formula is C14H21FIN3. The molecule has 0 atom stereocenters. The number of guanidine groups is 1. The maximum absolute atomic E-state index is 13.1. The van der Waals surface area contributed by atoms with Gasteiger partial charge in [-0.05, 0) is 36.5 Å². The average Bonchev–Trinajstić information content (AvgIpc) is 3.14. The Morgan fingerprint density at radius 2 is 2.21 bits per heavy atom. The summed E-state index contributed by atoms with van der Waals surface area (Å²) in [5.41, 5.74) is 0.951. The maximum Gasteiger partial charge on any atom is 0.193 e. The van der Waals surface area contributed by atoms with E-state index in [1.54, 1.807) is 19.2 Å². The monoisotopic (exact) mass is 377 g/mol.